The van der Waals surface area contributed by atoms with E-state index in [0.29, 0.717) is 5.56 Å². The van der Waals surface area contributed by atoms with Crippen molar-refractivity contribution < 1.29 is 4.74 Å². The lowest BCUT2D eigenvalue weighted by Crippen LogP contribution is -2.10. The number of anilines is 1. The van der Waals surface area contributed by atoms with Gasteiger partial charge in [-0.05, 0) is 36.2 Å². The molecular formula is C16H17N3O. The monoisotopic (exact) mass is 267 g/mol. The van der Waals surface area contributed by atoms with E-state index in [-0.39, 0.29) is 6.04 Å². The first kappa shape index (κ1) is 13.9. The predicted molar refractivity (Wildman–Crippen MR) is 78.6 cm³/mol. The molecule has 0 saturated carbocycles. The van der Waals surface area contributed by atoms with E-state index in [1.807, 2.05) is 30.3 Å². The molecule has 1 aromatic carbocycles. The summed E-state index contributed by atoms with van der Waals surface area (Å²) in [5, 5.41) is 12.1. The Bertz CT molecular complexity index is 585. The van der Waals surface area contributed by atoms with Crippen molar-refractivity contribution in [3.63, 3.8) is 0 Å². The van der Waals surface area contributed by atoms with Crippen LogP contribution < -0.4 is 10.1 Å². The van der Waals surface area contributed by atoms with Crippen LogP contribution in [0.3, 0.4) is 0 Å². The van der Waals surface area contributed by atoms with E-state index in [9.17, 15) is 0 Å². The van der Waals surface area contributed by atoms with Crippen molar-refractivity contribution >= 4 is 5.82 Å². The molecule has 1 atom stereocenters. The van der Waals surface area contributed by atoms with E-state index < -0.39 is 0 Å². The standard InChI is InChI=1S/C16H17N3O/c1-3-15(13-5-7-14(20-2)8-6-13)19-16-9-4-12(10-17)11-18-16/h4-9,11,15H,3H2,1-2H3,(H,18,19)/t15-/m0/s1. The SMILES string of the molecule is CC[C@H](Nc1ccc(C#N)cn1)c1ccc(OC)cc1. The van der Waals surface area contributed by atoms with Crippen LogP contribution in [0.1, 0.15) is 30.5 Å². The van der Waals surface area contributed by atoms with E-state index in [0.717, 1.165) is 18.0 Å². The highest BCUT2D eigenvalue weighted by Crippen LogP contribution is 2.23. The first-order valence-electron chi connectivity index (χ1n) is 6.53. The van der Waals surface area contributed by atoms with Crippen LogP contribution in [0.25, 0.3) is 0 Å². The third kappa shape index (κ3) is 3.27. The lowest BCUT2D eigenvalue weighted by Gasteiger charge is -2.18. The number of ether oxygens (including phenoxy) is 1. The molecule has 102 valence electrons. The minimum atomic E-state index is 0.182. The summed E-state index contributed by atoms with van der Waals surface area (Å²) in [6.07, 6.45) is 2.51. The van der Waals surface area contributed by atoms with Crippen molar-refractivity contribution in [2.45, 2.75) is 19.4 Å². The van der Waals surface area contributed by atoms with Crippen molar-refractivity contribution in [3.05, 3.63) is 53.7 Å². The molecule has 4 nitrogen and oxygen atoms in total. The molecule has 0 spiro atoms. The van der Waals surface area contributed by atoms with Crippen LogP contribution in [0.15, 0.2) is 42.6 Å². The van der Waals surface area contributed by atoms with Gasteiger partial charge in [-0.1, -0.05) is 19.1 Å². The first-order valence-corrected chi connectivity index (χ1v) is 6.53. The maximum atomic E-state index is 8.76. The van der Waals surface area contributed by atoms with Crippen molar-refractivity contribution in [3.8, 4) is 11.8 Å². The smallest absolute Gasteiger partial charge is 0.126 e. The predicted octanol–water partition coefficient (Wildman–Crippen LogP) is 3.53. The van der Waals surface area contributed by atoms with Gasteiger partial charge in [0.15, 0.2) is 0 Å². The zero-order valence-corrected chi connectivity index (χ0v) is 11.6. The summed E-state index contributed by atoms with van der Waals surface area (Å²) < 4.78 is 5.16. The molecular weight excluding hydrogens is 250 g/mol. The Hall–Kier alpha value is -2.54. The average Bonchev–Trinajstić information content (AvgIpc) is 2.53. The van der Waals surface area contributed by atoms with E-state index in [1.54, 1.807) is 19.4 Å². The highest BCUT2D eigenvalue weighted by molar-refractivity contribution is 5.42. The normalized spacial score (nSPS) is 11.4. The van der Waals surface area contributed by atoms with Crippen LogP contribution >= 0.6 is 0 Å². The number of nitrogens with one attached hydrogen (secondary N) is 1. The molecule has 20 heavy (non-hydrogen) atoms. The van der Waals surface area contributed by atoms with Crippen LogP contribution in [0.4, 0.5) is 5.82 Å². The van der Waals surface area contributed by atoms with Gasteiger partial charge in [-0.2, -0.15) is 5.26 Å². The second kappa shape index (κ2) is 6.58. The number of nitrogens with zero attached hydrogens (tertiary/aromatic N) is 2. The first-order chi connectivity index (χ1) is 9.76. The molecule has 0 fully saturated rings. The Labute approximate surface area is 119 Å². The summed E-state index contributed by atoms with van der Waals surface area (Å²) in [6.45, 7) is 2.12. The molecule has 1 aromatic heterocycles. The van der Waals surface area contributed by atoms with Gasteiger partial charge >= 0.3 is 0 Å². The summed E-state index contributed by atoms with van der Waals surface area (Å²) in [5.41, 5.74) is 1.74. The fourth-order valence-electron chi connectivity index (χ4n) is 1.98. The fourth-order valence-corrected chi connectivity index (χ4v) is 1.98. The molecule has 0 amide bonds. The number of nitriles is 1. The second-order valence-corrected chi connectivity index (χ2v) is 4.42. The molecule has 0 aliphatic carbocycles. The minimum Gasteiger partial charge on any atom is -0.497 e. The molecule has 0 bridgehead atoms. The van der Waals surface area contributed by atoms with Crippen LogP contribution in [0.2, 0.25) is 0 Å². The van der Waals surface area contributed by atoms with Gasteiger partial charge in [0.2, 0.25) is 0 Å². The second-order valence-electron chi connectivity index (χ2n) is 4.42. The molecule has 0 aliphatic rings. The number of hydrogen-bond acceptors (Lipinski definition) is 4. The molecule has 0 unspecified atom stereocenters. The Morgan fingerprint density at radius 1 is 1.25 bits per heavy atom. The number of aromatic nitrogens is 1. The molecule has 4 heteroatoms. The Kier molecular flexibility index (Phi) is 4.56. The van der Waals surface area contributed by atoms with E-state index in [4.69, 9.17) is 10.00 Å². The van der Waals surface area contributed by atoms with Gasteiger partial charge in [-0.3, -0.25) is 0 Å². The Morgan fingerprint density at radius 2 is 2.00 bits per heavy atom. The van der Waals surface area contributed by atoms with Crippen molar-refractivity contribution in [1.29, 1.82) is 5.26 Å². The van der Waals surface area contributed by atoms with Gasteiger partial charge in [-0.25, -0.2) is 4.98 Å². The molecule has 0 aliphatic heterocycles. The Morgan fingerprint density at radius 3 is 2.50 bits per heavy atom. The van der Waals surface area contributed by atoms with Gasteiger partial charge in [0.25, 0.3) is 0 Å². The maximum Gasteiger partial charge on any atom is 0.126 e. The fraction of sp³-hybridized carbons (Fsp3) is 0.250. The number of benzene rings is 1. The Balaban J connectivity index is 2.12. The number of hydrogen-bond donors (Lipinski definition) is 1. The molecule has 2 rings (SSSR count). The van der Waals surface area contributed by atoms with Crippen LogP contribution in [-0.4, -0.2) is 12.1 Å². The summed E-state index contributed by atoms with van der Waals surface area (Å²) in [6, 6.07) is 13.8. The van der Waals surface area contributed by atoms with E-state index in [2.05, 4.69) is 23.3 Å². The lowest BCUT2D eigenvalue weighted by molar-refractivity contribution is 0.414. The van der Waals surface area contributed by atoms with Gasteiger partial charge < -0.3 is 10.1 Å². The minimum absolute atomic E-state index is 0.182. The van der Waals surface area contributed by atoms with Gasteiger partial charge in [0, 0.05) is 6.20 Å². The number of rotatable bonds is 5. The lowest BCUT2D eigenvalue weighted by atomic mass is 10.0. The third-order valence-electron chi connectivity index (χ3n) is 3.14. The molecule has 0 radical (unpaired) electrons. The van der Waals surface area contributed by atoms with E-state index >= 15 is 0 Å². The summed E-state index contributed by atoms with van der Waals surface area (Å²) in [4.78, 5) is 4.24. The van der Waals surface area contributed by atoms with Gasteiger partial charge in [-0.15, -0.1) is 0 Å². The summed E-state index contributed by atoms with van der Waals surface area (Å²) in [5.74, 6) is 1.62. The summed E-state index contributed by atoms with van der Waals surface area (Å²) in [7, 11) is 1.66. The van der Waals surface area contributed by atoms with Crippen molar-refractivity contribution in [2.24, 2.45) is 0 Å². The number of pyridine rings is 1. The average molecular weight is 267 g/mol. The molecule has 0 saturated heterocycles. The number of methoxy groups -OCH3 is 1. The largest absolute Gasteiger partial charge is 0.497 e. The van der Waals surface area contributed by atoms with Crippen molar-refractivity contribution in [1.82, 2.24) is 4.98 Å². The third-order valence-corrected chi connectivity index (χ3v) is 3.14. The van der Waals surface area contributed by atoms with Gasteiger partial charge in [0.05, 0.1) is 18.7 Å². The van der Waals surface area contributed by atoms with Crippen LogP contribution in [0, 0.1) is 11.3 Å². The van der Waals surface area contributed by atoms with Crippen LogP contribution in [0.5, 0.6) is 5.75 Å². The summed E-state index contributed by atoms with van der Waals surface area (Å²) >= 11 is 0. The zero-order chi connectivity index (χ0) is 14.4. The van der Waals surface area contributed by atoms with E-state index in [1.165, 1.54) is 5.56 Å². The van der Waals surface area contributed by atoms with Gasteiger partial charge in [0.1, 0.15) is 17.6 Å². The van der Waals surface area contributed by atoms with Crippen molar-refractivity contribution in [2.75, 3.05) is 12.4 Å². The molecule has 1 heterocycles. The molecule has 1 N–H and O–H groups in total. The zero-order valence-electron chi connectivity index (χ0n) is 11.6. The topological polar surface area (TPSA) is 57.9 Å². The quantitative estimate of drug-likeness (QED) is 0.900. The molecule has 2 aromatic rings. The highest BCUT2D eigenvalue weighted by atomic mass is 16.5. The maximum absolute atomic E-state index is 8.76. The highest BCUT2D eigenvalue weighted by Gasteiger charge is 2.09. The van der Waals surface area contributed by atoms with Crippen LogP contribution in [-0.2, 0) is 0 Å².